The van der Waals surface area contributed by atoms with Crippen molar-refractivity contribution >= 4 is 43.7 Å². The molecule has 2 atom stereocenters. The molecule has 2 aliphatic heterocycles. The Labute approximate surface area is 190 Å². The number of ether oxygens (including phenoxy) is 2. The number of nitrogens with two attached hydrogens (primary N) is 1. The maximum atomic E-state index is 12.7. The lowest BCUT2D eigenvalue weighted by atomic mass is 10.0. The predicted octanol–water partition coefficient (Wildman–Crippen LogP) is 1.92. The Balaban J connectivity index is 1.80. The third kappa shape index (κ3) is 4.85. The number of primary sulfonamides is 1. The van der Waals surface area contributed by atoms with Crippen LogP contribution >= 0.6 is 11.8 Å². The van der Waals surface area contributed by atoms with Gasteiger partial charge in [0.2, 0.25) is 16.8 Å². The van der Waals surface area contributed by atoms with Crippen LogP contribution in [0, 0.1) is 0 Å². The van der Waals surface area contributed by atoms with E-state index in [1.54, 1.807) is 25.1 Å². The van der Waals surface area contributed by atoms with E-state index in [1.807, 2.05) is 0 Å². The van der Waals surface area contributed by atoms with Gasteiger partial charge in [0.15, 0.2) is 9.84 Å². The molecule has 0 saturated carbocycles. The Kier molecular flexibility index (Phi) is 7.03. The highest BCUT2D eigenvalue weighted by molar-refractivity contribution is 8.27. The summed E-state index contributed by atoms with van der Waals surface area (Å²) in [6, 6.07) is 7.13. The number of carbonyl (C=O) groups is 2. The van der Waals surface area contributed by atoms with Gasteiger partial charge in [0.1, 0.15) is 8.47 Å². The van der Waals surface area contributed by atoms with Crippen molar-refractivity contribution in [3.05, 3.63) is 56.0 Å². The summed E-state index contributed by atoms with van der Waals surface area (Å²) in [6.45, 7) is 2.54. The van der Waals surface area contributed by atoms with Crippen molar-refractivity contribution in [2.24, 2.45) is 5.14 Å². The standard InChI is InChI=1S/C19H22N2O8S3/c1-3-21(19(23)29-11-28-17(22)13-7-5-4-6-8-13)15-10-16(32(20,26)27)30-18-14(15)9-12(2)31(18,24)25/h4-8,10,12,15H,3,9,11H2,1-2H3,(H2,20,26,27)/t12-,15-/m0/s1. The van der Waals surface area contributed by atoms with E-state index in [-0.39, 0.29) is 27.0 Å². The number of benzene rings is 1. The smallest absolute Gasteiger partial charge is 0.413 e. The zero-order valence-corrected chi connectivity index (χ0v) is 19.7. The van der Waals surface area contributed by atoms with Gasteiger partial charge in [-0.05, 0) is 44.1 Å². The number of thioether (sulfide) groups is 1. The van der Waals surface area contributed by atoms with Crippen LogP contribution in [-0.4, -0.2) is 58.4 Å². The maximum absolute atomic E-state index is 12.7. The van der Waals surface area contributed by atoms with Gasteiger partial charge in [0, 0.05) is 6.54 Å². The molecule has 0 spiro atoms. The second kappa shape index (κ2) is 9.25. The number of nitrogens with zero attached hydrogens (tertiary/aromatic N) is 1. The highest BCUT2D eigenvalue weighted by Crippen LogP contribution is 2.48. The van der Waals surface area contributed by atoms with Crippen molar-refractivity contribution in [1.82, 2.24) is 4.90 Å². The van der Waals surface area contributed by atoms with Crippen molar-refractivity contribution in [3.8, 4) is 0 Å². The molecule has 1 aromatic carbocycles. The number of carbonyl (C=O) groups excluding carboxylic acids is 2. The molecule has 0 aliphatic carbocycles. The third-order valence-corrected chi connectivity index (χ3v) is 10.4. The fourth-order valence-electron chi connectivity index (χ4n) is 3.33. The molecule has 32 heavy (non-hydrogen) atoms. The first-order valence-corrected chi connectivity index (χ1v) is 13.4. The highest BCUT2D eigenvalue weighted by Gasteiger charge is 2.45. The molecule has 0 bridgehead atoms. The van der Waals surface area contributed by atoms with Gasteiger partial charge in [-0.1, -0.05) is 30.0 Å². The Morgan fingerprint density at radius 3 is 2.47 bits per heavy atom. The zero-order valence-electron chi connectivity index (χ0n) is 17.3. The number of amides is 1. The van der Waals surface area contributed by atoms with Crippen LogP contribution in [0.4, 0.5) is 4.79 Å². The maximum Gasteiger partial charge on any atom is 0.413 e. The van der Waals surface area contributed by atoms with Crippen molar-refractivity contribution in [2.45, 2.75) is 31.6 Å². The van der Waals surface area contributed by atoms with Crippen LogP contribution in [0.2, 0.25) is 0 Å². The average molecular weight is 503 g/mol. The summed E-state index contributed by atoms with van der Waals surface area (Å²) in [7, 11) is -7.96. The summed E-state index contributed by atoms with van der Waals surface area (Å²) in [5, 5.41) is 4.47. The number of sulfonamides is 1. The molecule has 2 heterocycles. The molecule has 0 saturated heterocycles. The van der Waals surface area contributed by atoms with Crippen molar-refractivity contribution in [1.29, 1.82) is 0 Å². The number of hydrogen-bond acceptors (Lipinski definition) is 9. The lowest BCUT2D eigenvalue weighted by Crippen LogP contribution is -2.42. The van der Waals surface area contributed by atoms with E-state index in [9.17, 15) is 26.4 Å². The van der Waals surface area contributed by atoms with Crippen LogP contribution in [-0.2, 0) is 29.3 Å². The van der Waals surface area contributed by atoms with Crippen LogP contribution < -0.4 is 5.14 Å². The minimum Gasteiger partial charge on any atom is -0.424 e. The summed E-state index contributed by atoms with van der Waals surface area (Å²) in [5.41, 5.74) is 0.677. The number of esters is 1. The van der Waals surface area contributed by atoms with Gasteiger partial charge < -0.3 is 9.47 Å². The van der Waals surface area contributed by atoms with E-state index in [1.165, 1.54) is 25.1 Å². The molecular weight excluding hydrogens is 480 g/mol. The zero-order chi connectivity index (χ0) is 23.7. The van der Waals surface area contributed by atoms with Crippen LogP contribution in [0.3, 0.4) is 0 Å². The molecule has 3 rings (SSSR count). The monoisotopic (exact) mass is 502 g/mol. The van der Waals surface area contributed by atoms with Crippen molar-refractivity contribution in [3.63, 3.8) is 0 Å². The molecule has 174 valence electrons. The summed E-state index contributed by atoms with van der Waals surface area (Å²) in [5.74, 6) is -0.687. The van der Waals surface area contributed by atoms with E-state index < -0.39 is 50.0 Å². The minimum absolute atomic E-state index is 0.0698. The van der Waals surface area contributed by atoms with Crippen LogP contribution in [0.1, 0.15) is 30.6 Å². The predicted molar refractivity (Wildman–Crippen MR) is 118 cm³/mol. The lowest BCUT2D eigenvalue weighted by Gasteiger charge is -2.31. The first kappa shape index (κ1) is 24.3. The van der Waals surface area contributed by atoms with E-state index >= 15 is 0 Å². The fourth-order valence-corrected chi connectivity index (χ4v) is 7.80. The van der Waals surface area contributed by atoms with E-state index in [2.05, 4.69) is 0 Å². The summed E-state index contributed by atoms with van der Waals surface area (Å²) < 4.78 is 58.8. The molecule has 13 heteroatoms. The highest BCUT2D eigenvalue weighted by atomic mass is 32.3. The SMILES string of the molecule is CCN(C(=O)OCOC(=O)c1ccccc1)[C@H]1C=C(S(N)(=O)=O)SC2=C1C[C@H](C)S2(=O)=O. The van der Waals surface area contributed by atoms with Gasteiger partial charge >= 0.3 is 12.1 Å². The Morgan fingerprint density at radius 2 is 1.88 bits per heavy atom. The molecule has 1 aromatic rings. The molecule has 0 fully saturated rings. The van der Waals surface area contributed by atoms with Crippen LogP contribution in [0.5, 0.6) is 0 Å². The van der Waals surface area contributed by atoms with Gasteiger partial charge in [-0.15, -0.1) is 0 Å². The van der Waals surface area contributed by atoms with Gasteiger partial charge in [-0.2, -0.15) is 0 Å². The second-order valence-electron chi connectivity index (χ2n) is 7.06. The van der Waals surface area contributed by atoms with Gasteiger partial charge in [0.25, 0.3) is 0 Å². The van der Waals surface area contributed by atoms with Gasteiger partial charge in [0.05, 0.1) is 16.9 Å². The van der Waals surface area contributed by atoms with E-state index in [0.29, 0.717) is 17.3 Å². The minimum atomic E-state index is -4.21. The van der Waals surface area contributed by atoms with E-state index in [0.717, 1.165) is 4.90 Å². The van der Waals surface area contributed by atoms with Gasteiger partial charge in [-0.3, -0.25) is 4.90 Å². The Bertz CT molecular complexity index is 1190. The number of likely N-dealkylation sites (N-methyl/N-ethyl adjacent to an activating group) is 1. The van der Waals surface area contributed by atoms with E-state index in [4.69, 9.17) is 14.6 Å². The largest absolute Gasteiger partial charge is 0.424 e. The van der Waals surface area contributed by atoms with Crippen LogP contribution in [0.15, 0.2) is 50.5 Å². The molecule has 1 amide bonds. The van der Waals surface area contributed by atoms with Gasteiger partial charge in [-0.25, -0.2) is 31.6 Å². The average Bonchev–Trinajstić information content (AvgIpc) is 2.97. The fraction of sp³-hybridized carbons (Fsp3) is 0.368. The molecule has 2 N–H and O–H groups in total. The topological polar surface area (TPSA) is 150 Å². The second-order valence-corrected chi connectivity index (χ2v) is 12.5. The number of sulfone groups is 1. The quantitative estimate of drug-likeness (QED) is 0.454. The Morgan fingerprint density at radius 1 is 1.22 bits per heavy atom. The Hall–Kier alpha value is -2.35. The number of hydrogen-bond donors (Lipinski definition) is 1. The summed E-state index contributed by atoms with van der Waals surface area (Å²) >= 11 is 0.574. The molecule has 0 aromatic heterocycles. The first-order chi connectivity index (χ1) is 15.0. The first-order valence-electron chi connectivity index (χ1n) is 9.51. The molecule has 0 unspecified atom stereocenters. The molecular formula is C19H22N2O8S3. The third-order valence-electron chi connectivity index (χ3n) is 4.98. The molecule has 0 radical (unpaired) electrons. The molecule has 10 nitrogen and oxygen atoms in total. The molecule has 2 aliphatic rings. The van der Waals surface area contributed by atoms with Crippen LogP contribution in [0.25, 0.3) is 0 Å². The van der Waals surface area contributed by atoms with Crippen molar-refractivity contribution < 1.29 is 35.9 Å². The normalized spacial score (nSPS) is 22.0. The lowest BCUT2D eigenvalue weighted by molar-refractivity contribution is -0.0127. The summed E-state index contributed by atoms with van der Waals surface area (Å²) in [6.07, 6.45) is 0.475. The summed E-state index contributed by atoms with van der Waals surface area (Å²) in [4.78, 5) is 25.8. The number of rotatable bonds is 6. The van der Waals surface area contributed by atoms with Crippen molar-refractivity contribution in [2.75, 3.05) is 13.3 Å².